The molecule has 3 rings (SSSR count). The number of amides is 1. The van der Waals surface area contributed by atoms with Crippen LogP contribution in [-0.2, 0) is 4.79 Å². The van der Waals surface area contributed by atoms with Gasteiger partial charge in [0.1, 0.15) is 5.75 Å². The van der Waals surface area contributed by atoms with E-state index in [2.05, 4.69) is 12.0 Å². The number of piperidine rings is 1. The number of hydrogen-bond acceptors (Lipinski definition) is 4. The summed E-state index contributed by atoms with van der Waals surface area (Å²) >= 11 is 1.66. The molecule has 0 N–H and O–H groups in total. The van der Waals surface area contributed by atoms with Crippen LogP contribution in [-0.4, -0.2) is 36.0 Å². The predicted octanol–water partition coefficient (Wildman–Crippen LogP) is 3.71. The van der Waals surface area contributed by atoms with Crippen LogP contribution in [0.15, 0.2) is 42.3 Å². The topological polar surface area (TPSA) is 42.4 Å². The zero-order valence-electron chi connectivity index (χ0n) is 13.2. The number of thiazole rings is 1. The molecule has 1 atom stereocenters. The fourth-order valence-electron chi connectivity index (χ4n) is 2.96. The van der Waals surface area contributed by atoms with Gasteiger partial charge < -0.3 is 9.64 Å². The van der Waals surface area contributed by atoms with Crippen molar-refractivity contribution in [3.8, 4) is 17.0 Å². The van der Waals surface area contributed by atoms with Crippen molar-refractivity contribution < 1.29 is 9.53 Å². The largest absolute Gasteiger partial charge is 0.496 e. The molecule has 23 heavy (non-hydrogen) atoms. The van der Waals surface area contributed by atoms with Crippen LogP contribution in [0.3, 0.4) is 0 Å². The molecule has 1 aliphatic rings. The molecule has 1 amide bonds. The number of rotatable bonds is 4. The summed E-state index contributed by atoms with van der Waals surface area (Å²) in [6, 6.07) is 7.91. The highest BCUT2D eigenvalue weighted by Crippen LogP contribution is 2.35. The van der Waals surface area contributed by atoms with E-state index in [0.29, 0.717) is 5.92 Å². The van der Waals surface area contributed by atoms with Gasteiger partial charge in [0.05, 0.1) is 17.8 Å². The Balaban J connectivity index is 1.81. The third-order valence-electron chi connectivity index (χ3n) is 4.16. The van der Waals surface area contributed by atoms with E-state index in [9.17, 15) is 4.79 Å². The van der Waals surface area contributed by atoms with E-state index in [1.54, 1.807) is 18.4 Å². The summed E-state index contributed by atoms with van der Waals surface area (Å²) in [7, 11) is 1.67. The van der Waals surface area contributed by atoms with Crippen LogP contribution in [0, 0.1) is 0 Å². The van der Waals surface area contributed by atoms with E-state index in [-0.39, 0.29) is 5.91 Å². The minimum absolute atomic E-state index is 0.0104. The number of aromatic nitrogens is 1. The van der Waals surface area contributed by atoms with Crippen LogP contribution < -0.4 is 4.74 Å². The summed E-state index contributed by atoms with van der Waals surface area (Å²) in [5, 5.41) is 3.16. The van der Waals surface area contributed by atoms with Gasteiger partial charge in [0, 0.05) is 30.0 Å². The van der Waals surface area contributed by atoms with Crippen molar-refractivity contribution >= 4 is 17.2 Å². The molecule has 5 heteroatoms. The number of benzene rings is 1. The fourth-order valence-corrected chi connectivity index (χ4v) is 3.91. The molecular weight excluding hydrogens is 308 g/mol. The van der Waals surface area contributed by atoms with Gasteiger partial charge in [-0.3, -0.25) is 4.79 Å². The molecule has 0 aliphatic carbocycles. The lowest BCUT2D eigenvalue weighted by Crippen LogP contribution is -2.38. The summed E-state index contributed by atoms with van der Waals surface area (Å²) in [4.78, 5) is 18.5. The van der Waals surface area contributed by atoms with Crippen LogP contribution in [0.2, 0.25) is 0 Å². The van der Waals surface area contributed by atoms with Crippen LogP contribution in [0.5, 0.6) is 5.75 Å². The minimum Gasteiger partial charge on any atom is -0.496 e. The van der Waals surface area contributed by atoms with Crippen molar-refractivity contribution in [2.45, 2.75) is 18.8 Å². The third-order valence-corrected chi connectivity index (χ3v) is 5.17. The van der Waals surface area contributed by atoms with Gasteiger partial charge >= 0.3 is 0 Å². The maximum atomic E-state index is 11.8. The molecule has 1 saturated heterocycles. The van der Waals surface area contributed by atoms with Crippen molar-refractivity contribution in [1.29, 1.82) is 0 Å². The lowest BCUT2D eigenvalue weighted by atomic mass is 9.98. The highest BCUT2D eigenvalue weighted by Gasteiger charge is 2.26. The number of para-hydroxylation sites is 1. The first-order valence-corrected chi connectivity index (χ1v) is 8.61. The molecule has 120 valence electrons. The number of methoxy groups -OCH3 is 1. The van der Waals surface area contributed by atoms with E-state index in [1.807, 2.05) is 29.2 Å². The Labute approximate surface area is 140 Å². The maximum Gasteiger partial charge on any atom is 0.245 e. The molecule has 0 saturated carbocycles. The van der Waals surface area contributed by atoms with Crippen molar-refractivity contribution in [3.05, 3.63) is 47.3 Å². The Morgan fingerprint density at radius 1 is 1.48 bits per heavy atom. The van der Waals surface area contributed by atoms with E-state index in [0.717, 1.165) is 47.9 Å². The Kier molecular flexibility index (Phi) is 4.76. The van der Waals surface area contributed by atoms with Gasteiger partial charge in [-0.25, -0.2) is 4.98 Å². The molecule has 1 aliphatic heterocycles. The van der Waals surface area contributed by atoms with Gasteiger partial charge in [0.15, 0.2) is 0 Å². The molecule has 0 radical (unpaired) electrons. The lowest BCUT2D eigenvalue weighted by Gasteiger charge is -2.31. The minimum atomic E-state index is 0.0104. The molecule has 1 aromatic carbocycles. The van der Waals surface area contributed by atoms with Crippen LogP contribution in [0.4, 0.5) is 0 Å². The van der Waals surface area contributed by atoms with Crippen LogP contribution in [0.25, 0.3) is 11.3 Å². The standard InChI is InChI=1S/C18H20N2O2S/c1-3-17(21)20-10-6-7-13(11-20)18-19-15(12-23-18)14-8-4-5-9-16(14)22-2/h3-5,8-9,12-13H,1,6-7,10-11H2,2H3. The molecule has 1 fully saturated rings. The van der Waals surface area contributed by atoms with E-state index >= 15 is 0 Å². The smallest absolute Gasteiger partial charge is 0.245 e. The monoisotopic (exact) mass is 328 g/mol. The number of nitrogens with zero attached hydrogens (tertiary/aromatic N) is 2. The molecule has 1 aromatic heterocycles. The van der Waals surface area contributed by atoms with E-state index in [4.69, 9.17) is 9.72 Å². The Hall–Kier alpha value is -2.14. The van der Waals surface area contributed by atoms with Gasteiger partial charge in [0.25, 0.3) is 0 Å². The van der Waals surface area contributed by atoms with Crippen molar-refractivity contribution in [3.63, 3.8) is 0 Å². The first kappa shape index (κ1) is 15.7. The highest BCUT2D eigenvalue weighted by molar-refractivity contribution is 7.10. The SMILES string of the molecule is C=CC(=O)N1CCCC(c2nc(-c3ccccc3OC)cs2)C1. The summed E-state index contributed by atoms with van der Waals surface area (Å²) in [6.07, 6.45) is 3.47. The normalized spacial score (nSPS) is 17.8. The maximum absolute atomic E-state index is 11.8. The van der Waals surface area contributed by atoms with Gasteiger partial charge in [-0.15, -0.1) is 11.3 Å². The van der Waals surface area contributed by atoms with E-state index < -0.39 is 0 Å². The van der Waals surface area contributed by atoms with Crippen molar-refractivity contribution in [2.75, 3.05) is 20.2 Å². The molecule has 1 unspecified atom stereocenters. The van der Waals surface area contributed by atoms with Crippen LogP contribution >= 0.6 is 11.3 Å². The van der Waals surface area contributed by atoms with Gasteiger partial charge in [-0.1, -0.05) is 18.7 Å². The summed E-state index contributed by atoms with van der Waals surface area (Å²) in [5.74, 6) is 1.15. The Bertz CT molecular complexity index is 711. The predicted molar refractivity (Wildman–Crippen MR) is 92.9 cm³/mol. The number of carbonyl (C=O) groups is 1. The molecule has 0 spiro atoms. The highest BCUT2D eigenvalue weighted by atomic mass is 32.1. The van der Waals surface area contributed by atoms with Crippen LogP contribution in [0.1, 0.15) is 23.8 Å². The quantitative estimate of drug-likeness (QED) is 0.804. The molecule has 2 aromatic rings. The fraction of sp³-hybridized carbons (Fsp3) is 0.333. The number of likely N-dealkylation sites (tertiary alicyclic amines) is 1. The first-order chi connectivity index (χ1) is 11.2. The second kappa shape index (κ2) is 6.96. The average Bonchev–Trinajstić information content (AvgIpc) is 3.11. The summed E-state index contributed by atoms with van der Waals surface area (Å²) < 4.78 is 5.42. The van der Waals surface area contributed by atoms with Gasteiger partial charge in [0.2, 0.25) is 5.91 Å². The first-order valence-electron chi connectivity index (χ1n) is 7.73. The molecule has 2 heterocycles. The second-order valence-corrected chi connectivity index (χ2v) is 6.49. The van der Waals surface area contributed by atoms with Crippen molar-refractivity contribution in [2.24, 2.45) is 0 Å². The van der Waals surface area contributed by atoms with Gasteiger partial charge in [-0.05, 0) is 31.1 Å². The van der Waals surface area contributed by atoms with E-state index in [1.165, 1.54) is 6.08 Å². The average molecular weight is 328 g/mol. The number of carbonyl (C=O) groups excluding carboxylic acids is 1. The Morgan fingerprint density at radius 3 is 3.09 bits per heavy atom. The van der Waals surface area contributed by atoms with Gasteiger partial charge in [-0.2, -0.15) is 0 Å². The molecule has 0 bridgehead atoms. The number of ether oxygens (including phenoxy) is 1. The molecule has 4 nitrogen and oxygen atoms in total. The zero-order valence-corrected chi connectivity index (χ0v) is 14.0. The lowest BCUT2D eigenvalue weighted by molar-refractivity contribution is -0.127. The Morgan fingerprint density at radius 2 is 2.30 bits per heavy atom. The number of hydrogen-bond donors (Lipinski definition) is 0. The third kappa shape index (κ3) is 3.29. The summed E-state index contributed by atoms with van der Waals surface area (Å²) in [6.45, 7) is 5.12. The molecular formula is C18H20N2O2S. The second-order valence-electron chi connectivity index (χ2n) is 5.60. The summed E-state index contributed by atoms with van der Waals surface area (Å²) in [5.41, 5.74) is 1.95. The van der Waals surface area contributed by atoms with Crippen molar-refractivity contribution in [1.82, 2.24) is 9.88 Å². The zero-order chi connectivity index (χ0) is 16.2.